The molecule has 0 bridgehead atoms. The monoisotopic (exact) mass is 399 g/mol. The maximum Gasteiger partial charge on any atom is 0.266 e. The lowest BCUT2D eigenvalue weighted by Gasteiger charge is -2.20. The Bertz CT molecular complexity index is 898. The lowest BCUT2D eigenvalue weighted by molar-refractivity contribution is -0.117. The van der Waals surface area contributed by atoms with Crippen LogP contribution in [0.25, 0.3) is 0 Å². The molecule has 1 aliphatic carbocycles. The highest BCUT2D eigenvalue weighted by atomic mass is 32.1. The van der Waals surface area contributed by atoms with Crippen molar-refractivity contribution in [2.24, 2.45) is 5.92 Å². The molecule has 148 valence electrons. The number of carbonyl (C=O) groups excluding carboxylic acids is 3. The fourth-order valence-electron chi connectivity index (χ4n) is 2.98. The van der Waals surface area contributed by atoms with Gasteiger partial charge in [0.15, 0.2) is 0 Å². The minimum absolute atomic E-state index is 0.0170. The number of nitrogens with zero attached hydrogens (tertiary/aromatic N) is 1. The lowest BCUT2D eigenvalue weighted by atomic mass is 10.1. The molecule has 0 atom stereocenters. The summed E-state index contributed by atoms with van der Waals surface area (Å²) in [6.45, 7) is 6.90. The van der Waals surface area contributed by atoms with Crippen LogP contribution in [0.2, 0.25) is 0 Å². The molecule has 0 unspecified atom stereocenters. The molecule has 0 saturated heterocycles. The zero-order valence-corrected chi connectivity index (χ0v) is 17.2. The summed E-state index contributed by atoms with van der Waals surface area (Å²) in [5, 5.41) is 6.42. The molecule has 2 N–H and O–H groups in total. The molecule has 7 heteroatoms. The number of para-hydroxylation sites is 1. The summed E-state index contributed by atoms with van der Waals surface area (Å²) < 4.78 is 0. The van der Waals surface area contributed by atoms with E-state index in [4.69, 9.17) is 0 Å². The van der Waals surface area contributed by atoms with E-state index in [0.29, 0.717) is 34.2 Å². The summed E-state index contributed by atoms with van der Waals surface area (Å²) in [5.41, 5.74) is 1.75. The SMILES string of the molecule is CCN(CC)C(=O)c1ccccc1NC(=O)c1sc(NC(=O)C2CC2)cc1C. The average molecular weight is 400 g/mol. The van der Waals surface area contributed by atoms with Crippen LogP contribution in [0.1, 0.15) is 52.3 Å². The fourth-order valence-corrected chi connectivity index (χ4v) is 3.95. The number of nitrogens with one attached hydrogen (secondary N) is 2. The van der Waals surface area contributed by atoms with Crippen molar-refractivity contribution in [3.8, 4) is 0 Å². The summed E-state index contributed by atoms with van der Waals surface area (Å²) in [6, 6.07) is 8.84. The fraction of sp³-hybridized carbons (Fsp3) is 0.381. The van der Waals surface area contributed by atoms with Crippen LogP contribution in [0, 0.1) is 12.8 Å². The van der Waals surface area contributed by atoms with Gasteiger partial charge < -0.3 is 15.5 Å². The molecule has 1 saturated carbocycles. The van der Waals surface area contributed by atoms with Crippen molar-refractivity contribution in [1.82, 2.24) is 4.90 Å². The maximum atomic E-state index is 12.8. The van der Waals surface area contributed by atoms with Crippen molar-refractivity contribution in [1.29, 1.82) is 0 Å². The van der Waals surface area contributed by atoms with Crippen LogP contribution in [0.5, 0.6) is 0 Å². The summed E-state index contributed by atoms with van der Waals surface area (Å²) in [6.07, 6.45) is 1.86. The van der Waals surface area contributed by atoms with Gasteiger partial charge in [0.25, 0.3) is 11.8 Å². The third-order valence-electron chi connectivity index (χ3n) is 4.77. The van der Waals surface area contributed by atoms with Crippen LogP contribution in [0.4, 0.5) is 10.7 Å². The molecule has 2 aromatic rings. The van der Waals surface area contributed by atoms with Gasteiger partial charge in [-0.1, -0.05) is 12.1 Å². The molecule has 1 aromatic carbocycles. The highest BCUT2D eigenvalue weighted by Crippen LogP contribution is 2.33. The predicted octanol–water partition coefficient (Wildman–Crippen LogP) is 4.14. The summed E-state index contributed by atoms with van der Waals surface area (Å²) in [5.74, 6) is -0.267. The number of carbonyl (C=O) groups is 3. The van der Waals surface area contributed by atoms with Gasteiger partial charge >= 0.3 is 0 Å². The van der Waals surface area contributed by atoms with Gasteiger partial charge in [0, 0.05) is 19.0 Å². The Hall–Kier alpha value is -2.67. The van der Waals surface area contributed by atoms with E-state index in [2.05, 4.69) is 10.6 Å². The van der Waals surface area contributed by atoms with Crippen molar-refractivity contribution in [3.05, 3.63) is 46.3 Å². The molecular formula is C21H25N3O3S. The maximum absolute atomic E-state index is 12.8. The van der Waals surface area contributed by atoms with Gasteiger partial charge in [-0.05, 0) is 57.4 Å². The minimum Gasteiger partial charge on any atom is -0.339 e. The first-order valence-corrected chi connectivity index (χ1v) is 10.4. The van der Waals surface area contributed by atoms with E-state index < -0.39 is 0 Å². The largest absolute Gasteiger partial charge is 0.339 e. The third kappa shape index (κ3) is 4.42. The second-order valence-electron chi connectivity index (χ2n) is 6.86. The van der Waals surface area contributed by atoms with Crippen molar-refractivity contribution >= 4 is 39.7 Å². The summed E-state index contributed by atoms with van der Waals surface area (Å²) in [7, 11) is 0. The second-order valence-corrected chi connectivity index (χ2v) is 7.92. The summed E-state index contributed by atoms with van der Waals surface area (Å²) >= 11 is 1.25. The van der Waals surface area contributed by atoms with E-state index in [-0.39, 0.29) is 23.6 Å². The zero-order valence-electron chi connectivity index (χ0n) is 16.4. The lowest BCUT2D eigenvalue weighted by Crippen LogP contribution is -2.31. The first-order valence-electron chi connectivity index (χ1n) is 9.55. The number of hydrogen-bond donors (Lipinski definition) is 2. The average Bonchev–Trinajstić information content (AvgIpc) is 3.46. The molecule has 1 heterocycles. The van der Waals surface area contributed by atoms with E-state index in [1.165, 1.54) is 11.3 Å². The predicted molar refractivity (Wildman–Crippen MR) is 112 cm³/mol. The first-order chi connectivity index (χ1) is 13.4. The molecule has 0 radical (unpaired) electrons. The van der Waals surface area contributed by atoms with Crippen molar-refractivity contribution in [2.45, 2.75) is 33.6 Å². The van der Waals surface area contributed by atoms with E-state index in [1.807, 2.05) is 26.8 Å². The highest BCUT2D eigenvalue weighted by Gasteiger charge is 2.30. The molecule has 1 aliphatic rings. The van der Waals surface area contributed by atoms with Gasteiger partial charge in [-0.25, -0.2) is 0 Å². The van der Waals surface area contributed by atoms with E-state index in [0.717, 1.165) is 18.4 Å². The molecule has 28 heavy (non-hydrogen) atoms. The van der Waals surface area contributed by atoms with Crippen LogP contribution < -0.4 is 10.6 Å². The van der Waals surface area contributed by atoms with Gasteiger partial charge in [-0.15, -0.1) is 11.3 Å². The molecule has 6 nitrogen and oxygen atoms in total. The minimum atomic E-state index is -0.283. The number of thiophene rings is 1. The second kappa shape index (κ2) is 8.56. The number of benzene rings is 1. The van der Waals surface area contributed by atoms with Crippen molar-refractivity contribution in [2.75, 3.05) is 23.7 Å². The van der Waals surface area contributed by atoms with Crippen LogP contribution in [0.3, 0.4) is 0 Å². The number of rotatable bonds is 7. The standard InChI is InChI=1S/C21H25N3O3S/c1-4-24(5-2)21(27)15-8-6-7-9-16(15)22-20(26)18-13(3)12-17(28-18)23-19(25)14-10-11-14/h6-9,12,14H,4-5,10-11H2,1-3H3,(H,22,26)(H,23,25). The zero-order chi connectivity index (χ0) is 20.3. The van der Waals surface area contributed by atoms with E-state index >= 15 is 0 Å². The molecule has 3 amide bonds. The van der Waals surface area contributed by atoms with Gasteiger partial charge in [0.1, 0.15) is 0 Å². The Morgan fingerprint density at radius 3 is 2.43 bits per heavy atom. The Morgan fingerprint density at radius 1 is 1.11 bits per heavy atom. The van der Waals surface area contributed by atoms with Crippen LogP contribution in [-0.4, -0.2) is 35.7 Å². The topological polar surface area (TPSA) is 78.5 Å². The Kier molecular flexibility index (Phi) is 6.14. The van der Waals surface area contributed by atoms with Gasteiger partial charge in [-0.3, -0.25) is 14.4 Å². The first kappa shape index (κ1) is 20.1. The van der Waals surface area contributed by atoms with E-state index in [9.17, 15) is 14.4 Å². The van der Waals surface area contributed by atoms with Gasteiger partial charge in [-0.2, -0.15) is 0 Å². The van der Waals surface area contributed by atoms with Crippen molar-refractivity contribution < 1.29 is 14.4 Å². The van der Waals surface area contributed by atoms with Crippen LogP contribution in [0.15, 0.2) is 30.3 Å². The molecule has 3 rings (SSSR count). The van der Waals surface area contributed by atoms with Crippen LogP contribution >= 0.6 is 11.3 Å². The number of anilines is 2. The normalized spacial score (nSPS) is 13.1. The summed E-state index contributed by atoms with van der Waals surface area (Å²) in [4.78, 5) is 39.8. The van der Waals surface area contributed by atoms with E-state index in [1.54, 1.807) is 29.2 Å². The molecule has 0 spiro atoms. The van der Waals surface area contributed by atoms with Gasteiger partial charge in [0.2, 0.25) is 5.91 Å². The van der Waals surface area contributed by atoms with Crippen molar-refractivity contribution in [3.63, 3.8) is 0 Å². The van der Waals surface area contributed by atoms with Gasteiger partial charge in [0.05, 0.1) is 21.1 Å². The smallest absolute Gasteiger partial charge is 0.266 e. The molecule has 1 aromatic heterocycles. The highest BCUT2D eigenvalue weighted by molar-refractivity contribution is 7.18. The number of hydrogen-bond acceptors (Lipinski definition) is 4. The molecule has 1 fully saturated rings. The molecular weight excluding hydrogens is 374 g/mol. The quantitative estimate of drug-likeness (QED) is 0.734. The number of amides is 3. The molecule has 0 aliphatic heterocycles. The van der Waals surface area contributed by atoms with Crippen LogP contribution in [-0.2, 0) is 4.79 Å². The Morgan fingerprint density at radius 2 is 1.79 bits per heavy atom. The Labute approximate surface area is 168 Å². The number of aryl methyl sites for hydroxylation is 1. The third-order valence-corrected chi connectivity index (χ3v) is 5.93. The Balaban J connectivity index is 1.77.